The molecule has 0 saturated carbocycles. The third-order valence-electron chi connectivity index (χ3n) is 3.60. The first-order valence-electron chi connectivity index (χ1n) is 7.04. The van der Waals surface area contributed by atoms with Crippen LogP contribution in [0, 0.1) is 0 Å². The van der Waals surface area contributed by atoms with Crippen LogP contribution in [0.3, 0.4) is 0 Å². The first kappa shape index (κ1) is 15.9. The maximum Gasteiger partial charge on any atom is 0.240 e. The number of nitrogens with one attached hydrogen (secondary N) is 2. The van der Waals surface area contributed by atoms with Gasteiger partial charge in [-0.05, 0) is 31.2 Å². The summed E-state index contributed by atoms with van der Waals surface area (Å²) >= 11 is 0. The summed E-state index contributed by atoms with van der Waals surface area (Å²) in [6.45, 7) is 3.22. The number of hydrogen-bond donors (Lipinski definition) is 2. The van der Waals surface area contributed by atoms with Crippen molar-refractivity contribution in [2.24, 2.45) is 0 Å². The Balaban J connectivity index is 1.90. The SMILES string of the molecule is CNS(=O)(=O)c1ccc(CCC(=O)N2CCNCC2)cc1. The molecule has 116 valence electrons. The molecule has 1 aromatic carbocycles. The summed E-state index contributed by atoms with van der Waals surface area (Å²) in [5.74, 6) is 0.156. The average molecular weight is 311 g/mol. The Morgan fingerprint density at radius 1 is 1.24 bits per heavy atom. The number of carbonyl (C=O) groups excluding carboxylic acids is 1. The Kier molecular flexibility index (Phi) is 5.33. The van der Waals surface area contributed by atoms with E-state index in [-0.39, 0.29) is 10.8 Å². The molecule has 0 spiro atoms. The Labute approximate surface area is 125 Å². The van der Waals surface area contributed by atoms with Gasteiger partial charge in [-0.25, -0.2) is 13.1 Å². The standard InChI is InChI=1S/C14H21N3O3S/c1-15-21(19,20)13-5-2-12(3-6-13)4-7-14(18)17-10-8-16-9-11-17/h2-3,5-6,15-16H,4,7-11H2,1H3. The molecule has 1 fully saturated rings. The number of sulfonamides is 1. The first-order valence-corrected chi connectivity index (χ1v) is 8.52. The molecule has 2 rings (SSSR count). The number of hydrogen-bond acceptors (Lipinski definition) is 4. The van der Waals surface area contributed by atoms with Crippen molar-refractivity contribution < 1.29 is 13.2 Å². The van der Waals surface area contributed by atoms with Crippen molar-refractivity contribution in [1.82, 2.24) is 14.9 Å². The highest BCUT2D eigenvalue weighted by molar-refractivity contribution is 7.89. The summed E-state index contributed by atoms with van der Waals surface area (Å²) in [4.78, 5) is 14.1. The normalized spacial score (nSPS) is 16.0. The lowest BCUT2D eigenvalue weighted by Gasteiger charge is -2.27. The fraction of sp³-hybridized carbons (Fsp3) is 0.500. The van der Waals surface area contributed by atoms with Crippen LogP contribution >= 0.6 is 0 Å². The maximum absolute atomic E-state index is 12.0. The van der Waals surface area contributed by atoms with E-state index in [1.54, 1.807) is 24.3 Å². The second kappa shape index (κ2) is 7.02. The Morgan fingerprint density at radius 3 is 2.43 bits per heavy atom. The molecule has 1 heterocycles. The quantitative estimate of drug-likeness (QED) is 0.800. The van der Waals surface area contributed by atoms with E-state index < -0.39 is 10.0 Å². The predicted molar refractivity (Wildman–Crippen MR) is 80.5 cm³/mol. The van der Waals surface area contributed by atoms with E-state index >= 15 is 0 Å². The maximum atomic E-state index is 12.0. The second-order valence-corrected chi connectivity index (χ2v) is 6.87. The molecule has 2 N–H and O–H groups in total. The summed E-state index contributed by atoms with van der Waals surface area (Å²) in [6.07, 6.45) is 1.08. The third-order valence-corrected chi connectivity index (χ3v) is 5.03. The lowest BCUT2D eigenvalue weighted by Crippen LogP contribution is -2.46. The summed E-state index contributed by atoms with van der Waals surface area (Å²) in [7, 11) is -2.01. The van der Waals surface area contributed by atoms with E-state index in [0.29, 0.717) is 12.8 Å². The molecule has 1 saturated heterocycles. The monoisotopic (exact) mass is 311 g/mol. The van der Waals surface area contributed by atoms with Crippen molar-refractivity contribution in [3.05, 3.63) is 29.8 Å². The molecule has 0 aromatic heterocycles. The number of nitrogens with zero attached hydrogens (tertiary/aromatic N) is 1. The largest absolute Gasteiger partial charge is 0.340 e. The Hall–Kier alpha value is -1.44. The molecule has 7 heteroatoms. The zero-order valence-corrected chi connectivity index (χ0v) is 12.9. The van der Waals surface area contributed by atoms with Gasteiger partial charge in [0.25, 0.3) is 0 Å². The van der Waals surface area contributed by atoms with Gasteiger partial charge >= 0.3 is 0 Å². The molecule has 6 nitrogen and oxygen atoms in total. The molecule has 0 aliphatic carbocycles. The van der Waals surface area contributed by atoms with Gasteiger partial charge in [-0.1, -0.05) is 12.1 Å². The van der Waals surface area contributed by atoms with Crippen LogP contribution in [0.2, 0.25) is 0 Å². The van der Waals surface area contributed by atoms with E-state index in [9.17, 15) is 13.2 Å². The fourth-order valence-electron chi connectivity index (χ4n) is 2.28. The molecule has 0 bridgehead atoms. The van der Waals surface area contributed by atoms with Crippen LogP contribution in [0.15, 0.2) is 29.2 Å². The van der Waals surface area contributed by atoms with Crippen molar-refractivity contribution in [2.75, 3.05) is 33.2 Å². The number of rotatable bonds is 5. The van der Waals surface area contributed by atoms with E-state index in [2.05, 4.69) is 10.0 Å². The fourth-order valence-corrected chi connectivity index (χ4v) is 3.01. The van der Waals surface area contributed by atoms with Crippen molar-refractivity contribution in [2.45, 2.75) is 17.7 Å². The average Bonchev–Trinajstić information content (AvgIpc) is 2.54. The smallest absolute Gasteiger partial charge is 0.240 e. The number of carbonyl (C=O) groups is 1. The van der Waals surface area contributed by atoms with Gasteiger partial charge in [0.2, 0.25) is 15.9 Å². The van der Waals surface area contributed by atoms with Crippen molar-refractivity contribution >= 4 is 15.9 Å². The number of piperazine rings is 1. The molecule has 0 unspecified atom stereocenters. The van der Waals surface area contributed by atoms with Crippen LogP contribution in [-0.4, -0.2) is 52.5 Å². The molecule has 1 aliphatic heterocycles. The molecule has 1 aromatic rings. The van der Waals surface area contributed by atoms with Gasteiger partial charge in [0.15, 0.2) is 0 Å². The minimum Gasteiger partial charge on any atom is -0.340 e. The van der Waals surface area contributed by atoms with E-state index in [4.69, 9.17) is 0 Å². The predicted octanol–water partition coefficient (Wildman–Crippen LogP) is -0.0409. The van der Waals surface area contributed by atoms with Gasteiger partial charge in [0.1, 0.15) is 0 Å². The Morgan fingerprint density at radius 2 is 1.86 bits per heavy atom. The minimum atomic E-state index is -3.40. The topological polar surface area (TPSA) is 78.5 Å². The van der Waals surface area contributed by atoms with Crippen molar-refractivity contribution in [1.29, 1.82) is 0 Å². The van der Waals surface area contributed by atoms with Gasteiger partial charge < -0.3 is 10.2 Å². The summed E-state index contributed by atoms with van der Waals surface area (Å²) in [5, 5.41) is 3.21. The highest BCUT2D eigenvalue weighted by atomic mass is 32.2. The summed E-state index contributed by atoms with van der Waals surface area (Å²) < 4.78 is 25.5. The summed E-state index contributed by atoms with van der Waals surface area (Å²) in [6, 6.07) is 6.65. The van der Waals surface area contributed by atoms with Gasteiger partial charge in [-0.3, -0.25) is 4.79 Å². The highest BCUT2D eigenvalue weighted by Gasteiger charge is 2.16. The zero-order valence-electron chi connectivity index (χ0n) is 12.1. The zero-order chi connectivity index (χ0) is 15.3. The highest BCUT2D eigenvalue weighted by Crippen LogP contribution is 2.12. The van der Waals surface area contributed by atoms with Gasteiger partial charge in [0, 0.05) is 32.6 Å². The Bertz CT molecular complexity index is 578. The van der Waals surface area contributed by atoms with E-state index in [1.807, 2.05) is 4.90 Å². The van der Waals surface area contributed by atoms with Crippen LogP contribution in [0.1, 0.15) is 12.0 Å². The van der Waals surface area contributed by atoms with Crippen LogP contribution in [0.5, 0.6) is 0 Å². The lowest BCUT2D eigenvalue weighted by molar-refractivity contribution is -0.131. The molecule has 0 atom stereocenters. The van der Waals surface area contributed by atoms with E-state index in [1.165, 1.54) is 7.05 Å². The summed E-state index contributed by atoms with van der Waals surface area (Å²) in [5.41, 5.74) is 0.966. The van der Waals surface area contributed by atoms with Gasteiger partial charge in [-0.15, -0.1) is 0 Å². The molecule has 21 heavy (non-hydrogen) atoms. The van der Waals surface area contributed by atoms with Crippen LogP contribution in [-0.2, 0) is 21.2 Å². The van der Waals surface area contributed by atoms with Gasteiger partial charge in [0.05, 0.1) is 4.90 Å². The van der Waals surface area contributed by atoms with Gasteiger partial charge in [-0.2, -0.15) is 0 Å². The first-order chi connectivity index (χ1) is 10.0. The molecular formula is C14H21N3O3S. The molecular weight excluding hydrogens is 290 g/mol. The van der Waals surface area contributed by atoms with Crippen LogP contribution < -0.4 is 10.0 Å². The van der Waals surface area contributed by atoms with E-state index in [0.717, 1.165) is 31.7 Å². The van der Waals surface area contributed by atoms with Crippen molar-refractivity contribution in [3.63, 3.8) is 0 Å². The second-order valence-electron chi connectivity index (χ2n) is 4.98. The number of benzene rings is 1. The van der Waals surface area contributed by atoms with Crippen molar-refractivity contribution in [3.8, 4) is 0 Å². The molecule has 1 aliphatic rings. The minimum absolute atomic E-state index is 0.156. The van der Waals surface area contributed by atoms with Crippen LogP contribution in [0.25, 0.3) is 0 Å². The number of aryl methyl sites for hydroxylation is 1. The molecule has 1 amide bonds. The number of amides is 1. The lowest BCUT2D eigenvalue weighted by atomic mass is 10.1. The van der Waals surface area contributed by atoms with Crippen LogP contribution in [0.4, 0.5) is 0 Å². The third kappa shape index (κ3) is 4.26. The molecule has 0 radical (unpaired) electrons.